The van der Waals surface area contributed by atoms with E-state index in [4.69, 9.17) is 9.11 Å². The van der Waals surface area contributed by atoms with Crippen LogP contribution in [0.15, 0.2) is 35.2 Å². The maximum absolute atomic E-state index is 10.4. The van der Waals surface area contributed by atoms with E-state index in [1.165, 1.54) is 12.1 Å². The Morgan fingerprint density at radius 1 is 0.938 bits per heavy atom. The van der Waals surface area contributed by atoms with Crippen LogP contribution in [-0.4, -0.2) is 41.1 Å². The van der Waals surface area contributed by atoms with Gasteiger partial charge in [-0.25, -0.2) is 8.42 Å². The van der Waals surface area contributed by atoms with Crippen LogP contribution in [0.4, 0.5) is 0 Å². The molecule has 0 aromatic heterocycles. The monoisotopic (exact) mass is 332 g/mol. The summed E-state index contributed by atoms with van der Waals surface area (Å²) in [4.78, 5) is -0.0741. The van der Waals surface area contributed by atoms with E-state index in [9.17, 15) is 16.8 Å². The van der Waals surface area contributed by atoms with Gasteiger partial charge in [0.05, 0.1) is 4.90 Å². The van der Waals surface area contributed by atoms with Crippen molar-refractivity contribution in [3.05, 3.63) is 30.3 Å². The van der Waals surface area contributed by atoms with Crippen LogP contribution in [0.1, 0.15) is 0 Å². The van der Waals surface area contributed by atoms with Gasteiger partial charge in [-0.3, -0.25) is 4.55 Å². The number of hydrogen-bond donors (Lipinski definition) is 2. The molecule has 10 heteroatoms. The molecule has 0 radical (unpaired) electrons. The molecule has 86 valence electrons. The van der Waals surface area contributed by atoms with E-state index in [0.717, 1.165) is 0 Å². The molecule has 0 amide bonds. The summed E-state index contributed by atoms with van der Waals surface area (Å²) in [6.07, 6.45) is 0. The van der Waals surface area contributed by atoms with Gasteiger partial charge in [0.2, 0.25) is 0 Å². The summed E-state index contributed by atoms with van der Waals surface area (Å²) >= 11 is -0.164. The molecule has 0 aliphatic carbocycles. The van der Waals surface area contributed by atoms with E-state index in [1.54, 1.807) is 18.2 Å². The number of benzene rings is 1. The normalized spacial score (nSPS) is 10.6. The van der Waals surface area contributed by atoms with Gasteiger partial charge >= 0.3 is 15.2 Å². The van der Waals surface area contributed by atoms with Crippen LogP contribution >= 0.6 is 0 Å². The molecule has 0 atom stereocenters. The van der Waals surface area contributed by atoms with Gasteiger partial charge in [-0.15, -0.1) is 0 Å². The first-order valence-corrected chi connectivity index (χ1v) is 9.29. The average molecular weight is 334 g/mol. The van der Waals surface area contributed by atoms with Crippen LogP contribution in [0.5, 0.6) is 0 Å². The van der Waals surface area contributed by atoms with E-state index >= 15 is 0 Å². The first-order chi connectivity index (χ1) is 6.61. The smallest absolute Gasteiger partial charge is 0.304 e. The first kappa shape index (κ1) is 18.6. The Kier molecular flexibility index (Phi) is 8.71. The van der Waals surface area contributed by atoms with E-state index in [-0.39, 0.29) is 39.5 Å². The Morgan fingerprint density at radius 3 is 1.44 bits per heavy atom. The molecule has 0 bridgehead atoms. The van der Waals surface area contributed by atoms with Gasteiger partial charge in [-0.05, 0) is 12.1 Å². The fraction of sp³-hybridized carbons (Fsp3) is 0. The van der Waals surface area contributed by atoms with Crippen molar-refractivity contribution >= 4 is 33.8 Å². The van der Waals surface area contributed by atoms with E-state index in [1.807, 2.05) is 0 Å². The van der Waals surface area contributed by atoms with E-state index < -0.39 is 18.6 Å². The predicted octanol–water partition coefficient (Wildman–Crippen LogP) is -0.647. The van der Waals surface area contributed by atoms with Crippen molar-refractivity contribution in [3.63, 3.8) is 0 Å². The summed E-state index contributed by atoms with van der Waals surface area (Å²) in [7, 11) is -7.53. The molecule has 0 heterocycles. The van der Waals surface area contributed by atoms with Crippen LogP contribution in [0, 0.1) is 0 Å². The van der Waals surface area contributed by atoms with Crippen molar-refractivity contribution in [3.8, 4) is 0 Å². The van der Waals surface area contributed by atoms with Gasteiger partial charge in [0, 0.05) is 19.5 Å². The van der Waals surface area contributed by atoms with Gasteiger partial charge in [0.15, 0.2) is 0 Å². The van der Waals surface area contributed by atoms with Gasteiger partial charge in [0.1, 0.15) is 8.48 Å². The second-order valence-corrected chi connectivity index (χ2v) is 8.50. The van der Waals surface area contributed by atoms with Crippen LogP contribution in [0.25, 0.3) is 0 Å². The Morgan fingerprint density at radius 2 is 1.25 bits per heavy atom. The van der Waals surface area contributed by atoms with Crippen molar-refractivity contribution in [1.82, 2.24) is 0 Å². The Bertz CT molecular complexity index is 489. The third-order valence-electron chi connectivity index (χ3n) is 1.04. The van der Waals surface area contributed by atoms with Crippen molar-refractivity contribution in [2.75, 3.05) is 0 Å². The topological polar surface area (TPSA) is 109 Å². The van der Waals surface area contributed by atoms with Gasteiger partial charge in [-0.2, -0.15) is 8.42 Å². The second kappa shape index (κ2) is 7.51. The molecule has 0 fully saturated rings. The molecular formula is C6H9AlO6S2Zn. The molecule has 0 spiro atoms. The molecule has 6 nitrogen and oxygen atoms in total. The summed E-state index contributed by atoms with van der Waals surface area (Å²) in [6, 6.07) is 7.42. The minimum Gasteiger partial charge on any atom is -0.304 e. The molecule has 16 heavy (non-hydrogen) atoms. The van der Waals surface area contributed by atoms with E-state index in [2.05, 4.69) is 0 Å². The fourth-order valence-corrected chi connectivity index (χ4v) is 1.09. The molecule has 0 unspecified atom stereocenters. The molecular weight excluding hydrogens is 325 g/mol. The van der Waals surface area contributed by atoms with Crippen LogP contribution in [0.2, 0.25) is 0 Å². The van der Waals surface area contributed by atoms with Crippen molar-refractivity contribution in [2.45, 2.75) is 4.90 Å². The fourth-order valence-electron chi connectivity index (χ4n) is 0.592. The molecule has 0 saturated heterocycles. The quantitative estimate of drug-likeness (QED) is 0.522. The molecule has 0 aliphatic heterocycles. The second-order valence-electron chi connectivity index (χ2n) is 2.52. The summed E-state index contributed by atoms with van der Waals surface area (Å²) in [5.41, 5.74) is 0. The first-order valence-electron chi connectivity index (χ1n) is 3.55. The maximum Gasteiger partial charge on any atom is 0.453 e. The Hall–Kier alpha value is 0.196. The van der Waals surface area contributed by atoms with Crippen molar-refractivity contribution < 1.29 is 45.4 Å². The third kappa shape index (κ3) is 12.3. The van der Waals surface area contributed by atoms with Gasteiger partial charge < -0.3 is 4.55 Å². The van der Waals surface area contributed by atoms with Crippen LogP contribution in [-0.2, 0) is 38.1 Å². The summed E-state index contributed by atoms with van der Waals surface area (Å²) < 4.78 is 55.3. The summed E-state index contributed by atoms with van der Waals surface area (Å²) in [5, 5.41) is 0. The summed E-state index contributed by atoms with van der Waals surface area (Å²) in [6.45, 7) is 0. The molecule has 0 aliphatic rings. The van der Waals surface area contributed by atoms with Crippen LogP contribution < -0.4 is 0 Å². The Balaban J connectivity index is 0. The number of rotatable bonds is 1. The zero-order chi connectivity index (χ0) is 12.1. The number of hydrogen-bond acceptors (Lipinski definition) is 4. The van der Waals surface area contributed by atoms with Crippen LogP contribution in [0.3, 0.4) is 0 Å². The third-order valence-corrected chi connectivity index (χ3v) is 1.91. The molecule has 1 aromatic rings. The standard InChI is InChI=1S/C6H6O3S.Al.HO3S.Zn.2H/c7-10(8,9)6-4-2-1-3-5-6;;1-4(2)3;;;/h1-5H,(H,7,8,9);;(H,1,2,3);;;. The zero-order valence-electron chi connectivity index (χ0n) is 8.44. The van der Waals surface area contributed by atoms with Crippen molar-refractivity contribution in [1.29, 1.82) is 0 Å². The maximum atomic E-state index is 10.4. The predicted molar refractivity (Wildman–Crippen MR) is 56.3 cm³/mol. The minimum atomic E-state index is -4.00. The van der Waals surface area contributed by atoms with Gasteiger partial charge in [-0.1, -0.05) is 18.2 Å². The zero-order valence-corrected chi connectivity index (χ0v) is 15.0. The molecule has 1 rings (SSSR count). The molecule has 1 aromatic carbocycles. The Labute approximate surface area is 114 Å². The summed E-state index contributed by atoms with van der Waals surface area (Å²) in [5.74, 6) is 0. The largest absolute Gasteiger partial charge is 0.453 e. The molecule has 2 N–H and O–H groups in total. The minimum absolute atomic E-state index is 0. The SMILES string of the molecule is O=S(=O)(O)c1ccccc1.O=[S](=O)(O)[AlH2].[Zn]. The van der Waals surface area contributed by atoms with E-state index in [0.29, 0.717) is 0 Å². The molecule has 0 saturated carbocycles. The average Bonchev–Trinajstić information content (AvgIpc) is 2.01. The van der Waals surface area contributed by atoms with Crippen molar-refractivity contribution in [2.24, 2.45) is 0 Å². The van der Waals surface area contributed by atoms with Gasteiger partial charge in [0.25, 0.3) is 10.1 Å².